The first-order valence-corrected chi connectivity index (χ1v) is 7.35. The van der Waals surface area contributed by atoms with Crippen LogP contribution in [0, 0.1) is 5.92 Å². The highest BCUT2D eigenvalue weighted by Gasteiger charge is 2.22. The third kappa shape index (κ3) is 4.38. The first kappa shape index (κ1) is 15.1. The maximum Gasteiger partial charge on any atom is 0.323 e. The number of hydrogen-bond donors (Lipinski definition) is 1. The van der Waals surface area contributed by atoms with E-state index in [1.807, 2.05) is 32.2 Å². The summed E-state index contributed by atoms with van der Waals surface area (Å²) >= 11 is 1.72. The second-order valence-corrected chi connectivity index (χ2v) is 5.29. The number of methoxy groups -OCH3 is 1. The summed E-state index contributed by atoms with van der Waals surface area (Å²) in [4.78, 5) is 11.6. The van der Waals surface area contributed by atoms with E-state index in [2.05, 4.69) is 5.32 Å². The Kier molecular flexibility index (Phi) is 6.29. The first-order valence-electron chi connectivity index (χ1n) is 5.96. The van der Waals surface area contributed by atoms with Crippen LogP contribution in [-0.2, 0) is 21.8 Å². The van der Waals surface area contributed by atoms with Gasteiger partial charge in [-0.3, -0.25) is 10.1 Å². The minimum atomic E-state index is -0.302. The minimum Gasteiger partial charge on any atom is -0.468 e. The number of carbonyl (C=O) groups is 1. The number of hydrogen-bond acceptors (Lipinski definition) is 5. The molecule has 0 bridgehead atoms. The largest absolute Gasteiger partial charge is 0.468 e. The SMILES string of the molecule is COC(=O)[C@@H](NCc1ccc(CSC)o1)C(C)C. The summed E-state index contributed by atoms with van der Waals surface area (Å²) in [5.41, 5.74) is 0. The molecule has 0 amide bonds. The van der Waals surface area contributed by atoms with Gasteiger partial charge in [-0.25, -0.2) is 0 Å². The molecule has 0 radical (unpaired) electrons. The number of carbonyl (C=O) groups excluding carboxylic acids is 1. The zero-order chi connectivity index (χ0) is 13.5. The van der Waals surface area contributed by atoms with Crippen molar-refractivity contribution in [2.24, 2.45) is 5.92 Å². The molecule has 0 aliphatic heterocycles. The van der Waals surface area contributed by atoms with E-state index in [4.69, 9.17) is 9.15 Å². The Morgan fingerprint density at radius 1 is 1.44 bits per heavy atom. The Balaban J connectivity index is 2.53. The molecule has 0 aliphatic rings. The van der Waals surface area contributed by atoms with Gasteiger partial charge in [0.1, 0.15) is 17.6 Å². The van der Waals surface area contributed by atoms with Crippen LogP contribution in [-0.4, -0.2) is 25.4 Å². The highest BCUT2D eigenvalue weighted by atomic mass is 32.2. The summed E-state index contributed by atoms with van der Waals surface area (Å²) in [7, 11) is 1.41. The topological polar surface area (TPSA) is 51.5 Å². The third-order valence-electron chi connectivity index (χ3n) is 2.62. The van der Waals surface area contributed by atoms with Gasteiger partial charge in [-0.05, 0) is 24.3 Å². The molecule has 5 heteroatoms. The Hall–Kier alpha value is -0.940. The maximum absolute atomic E-state index is 11.6. The summed E-state index contributed by atoms with van der Waals surface area (Å²) in [6, 6.07) is 3.60. The van der Waals surface area contributed by atoms with E-state index >= 15 is 0 Å². The predicted octanol–water partition coefficient (Wildman–Crippen LogP) is 2.43. The lowest BCUT2D eigenvalue weighted by Crippen LogP contribution is -2.41. The van der Waals surface area contributed by atoms with E-state index in [0.29, 0.717) is 6.54 Å². The van der Waals surface area contributed by atoms with Gasteiger partial charge in [0.05, 0.1) is 19.4 Å². The van der Waals surface area contributed by atoms with Crippen LogP contribution in [0.15, 0.2) is 16.5 Å². The van der Waals surface area contributed by atoms with Crippen molar-refractivity contribution < 1.29 is 13.9 Å². The van der Waals surface area contributed by atoms with Crippen LogP contribution in [0.1, 0.15) is 25.4 Å². The molecule has 0 saturated carbocycles. The van der Waals surface area contributed by atoms with Gasteiger partial charge >= 0.3 is 5.97 Å². The standard InChI is InChI=1S/C13H21NO3S/c1-9(2)12(13(15)16-3)14-7-10-5-6-11(17-10)8-18-4/h5-6,9,12,14H,7-8H2,1-4H3/t12-/m0/s1. The summed E-state index contributed by atoms with van der Waals surface area (Å²) in [5, 5.41) is 3.17. The van der Waals surface area contributed by atoms with Crippen molar-refractivity contribution in [1.29, 1.82) is 0 Å². The third-order valence-corrected chi connectivity index (χ3v) is 3.20. The fourth-order valence-electron chi connectivity index (χ4n) is 1.67. The van der Waals surface area contributed by atoms with Crippen molar-refractivity contribution in [2.75, 3.05) is 13.4 Å². The molecule has 0 saturated heterocycles. The number of thioether (sulfide) groups is 1. The van der Waals surface area contributed by atoms with Crippen molar-refractivity contribution in [3.63, 3.8) is 0 Å². The van der Waals surface area contributed by atoms with E-state index in [1.165, 1.54) is 7.11 Å². The Morgan fingerprint density at radius 3 is 2.67 bits per heavy atom. The minimum absolute atomic E-state index is 0.179. The second-order valence-electron chi connectivity index (χ2n) is 4.43. The lowest BCUT2D eigenvalue weighted by molar-refractivity contribution is -0.144. The number of furan rings is 1. The van der Waals surface area contributed by atoms with E-state index < -0.39 is 0 Å². The number of rotatable bonds is 7. The summed E-state index contributed by atoms with van der Waals surface area (Å²) < 4.78 is 10.4. The molecule has 1 N–H and O–H groups in total. The van der Waals surface area contributed by atoms with Crippen LogP contribution in [0.5, 0.6) is 0 Å². The van der Waals surface area contributed by atoms with Gasteiger partial charge in [-0.15, -0.1) is 0 Å². The van der Waals surface area contributed by atoms with Gasteiger partial charge in [-0.2, -0.15) is 11.8 Å². The molecular formula is C13H21NO3S. The zero-order valence-electron chi connectivity index (χ0n) is 11.4. The molecule has 0 aromatic carbocycles. The number of nitrogens with one attached hydrogen (secondary N) is 1. The lowest BCUT2D eigenvalue weighted by atomic mass is 10.0. The van der Waals surface area contributed by atoms with E-state index in [9.17, 15) is 4.79 Å². The van der Waals surface area contributed by atoms with Gasteiger partial charge < -0.3 is 9.15 Å². The highest BCUT2D eigenvalue weighted by Crippen LogP contribution is 2.14. The molecule has 18 heavy (non-hydrogen) atoms. The molecule has 0 spiro atoms. The molecule has 1 aromatic rings. The average molecular weight is 271 g/mol. The predicted molar refractivity (Wildman–Crippen MR) is 73.4 cm³/mol. The molecule has 102 valence electrons. The molecule has 1 heterocycles. The summed E-state index contributed by atoms with van der Waals surface area (Å²) in [5.74, 6) is 2.61. The van der Waals surface area contributed by atoms with Gasteiger partial charge in [0, 0.05) is 0 Å². The second kappa shape index (κ2) is 7.48. The molecule has 0 aliphatic carbocycles. The fourth-order valence-corrected chi connectivity index (χ4v) is 2.11. The Labute approximate surface area is 112 Å². The summed E-state index contributed by atoms with van der Waals surface area (Å²) in [6.07, 6.45) is 2.03. The summed E-state index contributed by atoms with van der Waals surface area (Å²) in [6.45, 7) is 4.50. The molecule has 1 rings (SSSR count). The highest BCUT2D eigenvalue weighted by molar-refractivity contribution is 7.97. The van der Waals surface area contributed by atoms with Crippen molar-refractivity contribution in [1.82, 2.24) is 5.32 Å². The zero-order valence-corrected chi connectivity index (χ0v) is 12.2. The van der Waals surface area contributed by atoms with Crippen LogP contribution in [0.4, 0.5) is 0 Å². The van der Waals surface area contributed by atoms with Crippen molar-refractivity contribution in [2.45, 2.75) is 32.2 Å². The van der Waals surface area contributed by atoms with Gasteiger partial charge in [0.25, 0.3) is 0 Å². The number of ether oxygens (including phenoxy) is 1. The van der Waals surface area contributed by atoms with E-state index in [-0.39, 0.29) is 17.9 Å². The van der Waals surface area contributed by atoms with Crippen LogP contribution < -0.4 is 5.32 Å². The molecular weight excluding hydrogens is 250 g/mol. The quantitative estimate of drug-likeness (QED) is 0.772. The van der Waals surface area contributed by atoms with E-state index in [0.717, 1.165) is 17.3 Å². The van der Waals surface area contributed by atoms with Gasteiger partial charge in [-0.1, -0.05) is 13.8 Å². The van der Waals surface area contributed by atoms with Crippen molar-refractivity contribution >= 4 is 17.7 Å². The van der Waals surface area contributed by atoms with Crippen LogP contribution >= 0.6 is 11.8 Å². The van der Waals surface area contributed by atoms with Crippen molar-refractivity contribution in [3.05, 3.63) is 23.7 Å². The van der Waals surface area contributed by atoms with Gasteiger partial charge in [0.15, 0.2) is 0 Å². The molecule has 0 unspecified atom stereocenters. The number of esters is 1. The van der Waals surface area contributed by atoms with Crippen LogP contribution in [0.25, 0.3) is 0 Å². The van der Waals surface area contributed by atoms with E-state index in [1.54, 1.807) is 11.8 Å². The van der Waals surface area contributed by atoms with Crippen molar-refractivity contribution in [3.8, 4) is 0 Å². The van der Waals surface area contributed by atoms with Gasteiger partial charge in [0.2, 0.25) is 0 Å². The maximum atomic E-state index is 11.6. The molecule has 1 aromatic heterocycles. The average Bonchev–Trinajstić information content (AvgIpc) is 2.77. The molecule has 1 atom stereocenters. The lowest BCUT2D eigenvalue weighted by Gasteiger charge is -2.19. The first-order chi connectivity index (χ1) is 8.58. The smallest absolute Gasteiger partial charge is 0.323 e. The monoisotopic (exact) mass is 271 g/mol. The van der Waals surface area contributed by atoms with Crippen LogP contribution in [0.3, 0.4) is 0 Å². The molecule has 0 fully saturated rings. The normalized spacial score (nSPS) is 12.7. The Bertz CT molecular complexity index is 376. The Morgan fingerprint density at radius 2 is 2.11 bits per heavy atom. The molecule has 4 nitrogen and oxygen atoms in total. The van der Waals surface area contributed by atoms with Crippen LogP contribution in [0.2, 0.25) is 0 Å². The fraction of sp³-hybridized carbons (Fsp3) is 0.615.